The van der Waals surface area contributed by atoms with Crippen molar-refractivity contribution in [2.24, 2.45) is 0 Å². The van der Waals surface area contributed by atoms with Crippen molar-refractivity contribution in [3.05, 3.63) is 40.0 Å². The molecular weight excluding hydrogens is 341 g/mol. The maximum Gasteiger partial charge on any atom is 0.344 e. The quantitative estimate of drug-likeness (QED) is 0.775. The lowest BCUT2D eigenvalue weighted by atomic mass is 10.2. The number of carbonyl (C=O) groups excluding carboxylic acids is 1. The second-order valence-corrected chi connectivity index (χ2v) is 6.48. The van der Waals surface area contributed by atoms with Crippen LogP contribution in [0.15, 0.2) is 34.3 Å². The van der Waals surface area contributed by atoms with Gasteiger partial charge in [0.05, 0.1) is 16.2 Å². The highest BCUT2D eigenvalue weighted by Gasteiger charge is 2.18. The van der Waals surface area contributed by atoms with Crippen LogP contribution in [0.4, 0.5) is 4.79 Å². The van der Waals surface area contributed by atoms with Gasteiger partial charge in [-0.3, -0.25) is 0 Å². The molecule has 0 atom stereocenters. The van der Waals surface area contributed by atoms with Crippen LogP contribution in [0.1, 0.15) is 19.4 Å². The molecule has 0 aliphatic rings. The molecule has 0 saturated carbocycles. The lowest BCUT2D eigenvalue weighted by Gasteiger charge is -2.17. The van der Waals surface area contributed by atoms with Gasteiger partial charge in [-0.25, -0.2) is 4.79 Å². The highest BCUT2D eigenvalue weighted by Crippen LogP contribution is 2.38. The van der Waals surface area contributed by atoms with E-state index in [1.807, 2.05) is 39.0 Å². The molecule has 0 aliphatic carbocycles. The molecule has 1 aromatic heterocycles. The Morgan fingerprint density at radius 2 is 1.95 bits per heavy atom. The SMILES string of the molecule is CCN(CC)C(=O)n1cc(Cl)c(Sc2c(C)cccc2Cl)n1. The van der Waals surface area contributed by atoms with Gasteiger partial charge in [0, 0.05) is 18.0 Å². The number of amides is 1. The maximum atomic E-state index is 12.3. The Kier molecular flexibility index (Phi) is 5.78. The zero-order valence-electron chi connectivity index (χ0n) is 12.6. The molecule has 0 aliphatic heterocycles. The molecule has 2 rings (SSSR count). The Hall–Kier alpha value is -1.17. The molecule has 22 heavy (non-hydrogen) atoms. The fraction of sp³-hybridized carbons (Fsp3) is 0.333. The summed E-state index contributed by atoms with van der Waals surface area (Å²) in [6, 6.07) is 5.50. The summed E-state index contributed by atoms with van der Waals surface area (Å²) in [7, 11) is 0. The average Bonchev–Trinajstić information content (AvgIpc) is 2.85. The number of benzene rings is 1. The minimum absolute atomic E-state index is 0.186. The van der Waals surface area contributed by atoms with Crippen molar-refractivity contribution in [1.29, 1.82) is 0 Å². The first-order valence-electron chi connectivity index (χ1n) is 6.95. The van der Waals surface area contributed by atoms with E-state index in [0.29, 0.717) is 28.2 Å². The van der Waals surface area contributed by atoms with E-state index in [2.05, 4.69) is 5.10 Å². The van der Waals surface area contributed by atoms with E-state index < -0.39 is 0 Å². The topological polar surface area (TPSA) is 38.1 Å². The van der Waals surface area contributed by atoms with E-state index in [4.69, 9.17) is 23.2 Å². The number of halogens is 2. The molecule has 7 heteroatoms. The Labute approximate surface area is 144 Å². The third kappa shape index (κ3) is 3.59. The van der Waals surface area contributed by atoms with Crippen LogP contribution in [-0.2, 0) is 0 Å². The summed E-state index contributed by atoms with van der Waals surface area (Å²) in [4.78, 5) is 14.9. The normalized spacial score (nSPS) is 10.8. The van der Waals surface area contributed by atoms with Gasteiger partial charge in [0.15, 0.2) is 0 Å². The first-order valence-corrected chi connectivity index (χ1v) is 8.52. The fourth-order valence-corrected chi connectivity index (χ4v) is 3.44. The summed E-state index contributed by atoms with van der Waals surface area (Å²) in [5.41, 5.74) is 1.04. The number of rotatable bonds is 4. The molecule has 0 radical (unpaired) electrons. The lowest BCUT2D eigenvalue weighted by molar-refractivity contribution is 0.201. The van der Waals surface area contributed by atoms with Crippen LogP contribution in [0.25, 0.3) is 0 Å². The smallest absolute Gasteiger partial charge is 0.323 e. The van der Waals surface area contributed by atoms with Gasteiger partial charge >= 0.3 is 6.03 Å². The van der Waals surface area contributed by atoms with Crippen LogP contribution in [-0.4, -0.2) is 33.8 Å². The molecule has 1 amide bonds. The lowest BCUT2D eigenvalue weighted by Crippen LogP contribution is -2.34. The summed E-state index contributed by atoms with van der Waals surface area (Å²) in [6.07, 6.45) is 1.54. The number of aryl methyl sites for hydroxylation is 1. The highest BCUT2D eigenvalue weighted by atomic mass is 35.5. The summed E-state index contributed by atoms with van der Waals surface area (Å²) in [5, 5.41) is 5.95. The number of hydrogen-bond donors (Lipinski definition) is 0. The van der Waals surface area contributed by atoms with Crippen LogP contribution in [0.5, 0.6) is 0 Å². The predicted molar refractivity (Wildman–Crippen MR) is 91.3 cm³/mol. The first-order chi connectivity index (χ1) is 10.5. The van der Waals surface area contributed by atoms with Crippen molar-refractivity contribution in [3.63, 3.8) is 0 Å². The minimum atomic E-state index is -0.186. The zero-order chi connectivity index (χ0) is 16.3. The Morgan fingerprint density at radius 1 is 1.27 bits per heavy atom. The van der Waals surface area contributed by atoms with Gasteiger partial charge in [0.1, 0.15) is 5.03 Å². The molecule has 0 bridgehead atoms. The molecule has 0 unspecified atom stereocenters. The van der Waals surface area contributed by atoms with Gasteiger partial charge in [-0.2, -0.15) is 9.78 Å². The van der Waals surface area contributed by atoms with Gasteiger partial charge in [0.2, 0.25) is 0 Å². The number of aromatic nitrogens is 2. The maximum absolute atomic E-state index is 12.3. The van der Waals surface area contributed by atoms with Gasteiger partial charge in [-0.15, -0.1) is 0 Å². The Balaban J connectivity index is 2.29. The summed E-state index contributed by atoms with van der Waals surface area (Å²) < 4.78 is 1.28. The molecule has 0 N–H and O–H groups in total. The number of carbonyl (C=O) groups is 1. The van der Waals surface area contributed by atoms with Crippen molar-refractivity contribution in [2.75, 3.05) is 13.1 Å². The van der Waals surface area contributed by atoms with E-state index in [0.717, 1.165) is 10.5 Å². The average molecular weight is 358 g/mol. The molecule has 4 nitrogen and oxygen atoms in total. The largest absolute Gasteiger partial charge is 0.344 e. The van der Waals surface area contributed by atoms with Gasteiger partial charge in [-0.05, 0) is 32.4 Å². The van der Waals surface area contributed by atoms with Crippen LogP contribution in [0.3, 0.4) is 0 Å². The Morgan fingerprint density at radius 3 is 2.55 bits per heavy atom. The predicted octanol–water partition coefficient (Wildman–Crippen LogP) is 4.96. The highest BCUT2D eigenvalue weighted by molar-refractivity contribution is 7.99. The molecule has 2 aromatic rings. The molecule has 0 spiro atoms. The van der Waals surface area contributed by atoms with Gasteiger partial charge in [-0.1, -0.05) is 47.1 Å². The molecule has 0 saturated heterocycles. The van der Waals surface area contributed by atoms with Crippen molar-refractivity contribution in [3.8, 4) is 0 Å². The molecule has 118 valence electrons. The third-order valence-corrected chi connectivity index (χ3v) is 5.29. The second kappa shape index (κ2) is 7.40. The first kappa shape index (κ1) is 17.2. The van der Waals surface area contributed by atoms with E-state index in [9.17, 15) is 4.79 Å². The molecular formula is C15H17Cl2N3OS. The van der Waals surface area contributed by atoms with E-state index >= 15 is 0 Å². The third-order valence-electron chi connectivity index (χ3n) is 3.23. The monoisotopic (exact) mass is 357 g/mol. The van der Waals surface area contributed by atoms with Crippen molar-refractivity contribution in [1.82, 2.24) is 14.7 Å². The van der Waals surface area contributed by atoms with Crippen molar-refractivity contribution >= 4 is 41.0 Å². The van der Waals surface area contributed by atoms with Crippen LogP contribution < -0.4 is 0 Å². The summed E-state index contributed by atoms with van der Waals surface area (Å²) in [5.74, 6) is 0. The van der Waals surface area contributed by atoms with Crippen molar-refractivity contribution < 1.29 is 4.79 Å². The minimum Gasteiger partial charge on any atom is -0.323 e. The Bertz CT molecular complexity index is 663. The number of nitrogens with zero attached hydrogens (tertiary/aromatic N) is 3. The standard InChI is InChI=1S/C15H17Cl2N3OS/c1-4-19(5-2)15(21)20-9-12(17)14(18-20)22-13-10(3)7-6-8-11(13)16/h6-9H,4-5H2,1-3H3. The second-order valence-electron chi connectivity index (χ2n) is 4.67. The molecule has 1 heterocycles. The van der Waals surface area contributed by atoms with Crippen molar-refractivity contribution in [2.45, 2.75) is 30.7 Å². The van der Waals surface area contributed by atoms with Crippen LogP contribution in [0.2, 0.25) is 10.0 Å². The summed E-state index contributed by atoms with van der Waals surface area (Å²) >= 11 is 13.8. The fourth-order valence-electron chi connectivity index (χ4n) is 1.99. The van der Waals surface area contributed by atoms with E-state index in [1.165, 1.54) is 22.6 Å². The number of hydrogen-bond acceptors (Lipinski definition) is 3. The van der Waals surface area contributed by atoms with Crippen LogP contribution in [0, 0.1) is 6.92 Å². The van der Waals surface area contributed by atoms with Crippen LogP contribution >= 0.6 is 35.0 Å². The zero-order valence-corrected chi connectivity index (χ0v) is 15.0. The summed E-state index contributed by atoms with van der Waals surface area (Å²) in [6.45, 7) is 7.07. The van der Waals surface area contributed by atoms with Gasteiger partial charge in [0.25, 0.3) is 0 Å². The van der Waals surface area contributed by atoms with Gasteiger partial charge < -0.3 is 4.90 Å². The molecule has 0 fully saturated rings. The van der Waals surface area contributed by atoms with E-state index in [1.54, 1.807) is 4.90 Å². The van der Waals surface area contributed by atoms with E-state index in [-0.39, 0.29) is 6.03 Å². The molecule has 1 aromatic carbocycles.